The van der Waals surface area contributed by atoms with Crippen LogP contribution < -0.4 is 0 Å². The fraction of sp³-hybridized carbons (Fsp3) is 0.143. The summed E-state index contributed by atoms with van der Waals surface area (Å²) in [5.41, 5.74) is 18.1. The van der Waals surface area contributed by atoms with E-state index in [-0.39, 0.29) is 0 Å². The van der Waals surface area contributed by atoms with Gasteiger partial charge in [0, 0.05) is 27.6 Å². The van der Waals surface area contributed by atoms with Crippen molar-refractivity contribution in [3.05, 3.63) is 154 Å². The predicted octanol–water partition coefficient (Wildman–Crippen LogP) is 11.3. The summed E-state index contributed by atoms with van der Waals surface area (Å²) in [6.07, 6.45) is 0. The largest absolute Gasteiger partial charge is 0.245 e. The Kier molecular flexibility index (Phi) is 6.86. The van der Waals surface area contributed by atoms with Gasteiger partial charge in [-0.2, -0.15) is 0 Å². The van der Waals surface area contributed by atoms with E-state index in [0.29, 0.717) is 0 Å². The van der Waals surface area contributed by atoms with Crippen LogP contribution in [0.3, 0.4) is 0 Å². The second-order valence-electron chi connectivity index (χ2n) is 12.2. The highest BCUT2D eigenvalue weighted by Gasteiger charge is 2.28. The Labute approximate surface area is 260 Å². The first kappa shape index (κ1) is 27.7. The minimum absolute atomic E-state index is 0.925. The Morgan fingerprint density at radius 1 is 0.364 bits per heavy atom. The summed E-state index contributed by atoms with van der Waals surface area (Å²) in [5, 5.41) is 2.43. The van der Waals surface area contributed by atoms with Crippen molar-refractivity contribution in [2.75, 3.05) is 0 Å². The highest BCUT2D eigenvalue weighted by molar-refractivity contribution is 6.61. The molecule has 0 aliphatic heterocycles. The van der Waals surface area contributed by atoms with Crippen LogP contribution in [-0.4, -0.2) is 11.4 Å². The van der Waals surface area contributed by atoms with Crippen LogP contribution >= 0.6 is 0 Å². The lowest BCUT2D eigenvalue weighted by molar-refractivity contribution is 1.33. The maximum absolute atomic E-state index is 5.59. The molecule has 2 heteroatoms. The highest BCUT2D eigenvalue weighted by Crippen LogP contribution is 2.42. The van der Waals surface area contributed by atoms with Gasteiger partial charge in [0.2, 0.25) is 0 Å². The first-order valence-electron chi connectivity index (χ1n) is 15.3. The Morgan fingerprint density at radius 2 is 0.773 bits per heavy atom. The van der Waals surface area contributed by atoms with Gasteiger partial charge in [-0.15, -0.1) is 0 Å². The summed E-state index contributed by atoms with van der Waals surface area (Å²) >= 11 is 0. The van der Waals surface area contributed by atoms with Crippen molar-refractivity contribution in [2.45, 2.75) is 41.5 Å². The zero-order valence-electron chi connectivity index (χ0n) is 26.3. The van der Waals surface area contributed by atoms with Crippen LogP contribution in [0.2, 0.25) is 0 Å². The molecule has 6 aromatic carbocycles. The molecule has 1 aliphatic carbocycles. The molecule has 0 amide bonds. The topological polar surface area (TPSA) is 24.7 Å². The molecule has 0 N–H and O–H groups in total. The lowest BCUT2D eigenvalue weighted by Crippen LogP contribution is -2.11. The molecule has 0 bridgehead atoms. The van der Waals surface area contributed by atoms with Gasteiger partial charge in [0.25, 0.3) is 0 Å². The van der Waals surface area contributed by atoms with Crippen molar-refractivity contribution in [3.63, 3.8) is 0 Å². The van der Waals surface area contributed by atoms with Gasteiger partial charge in [0.15, 0.2) is 0 Å². The maximum atomic E-state index is 5.59. The lowest BCUT2D eigenvalue weighted by Gasteiger charge is -2.16. The average Bonchev–Trinajstić information content (AvgIpc) is 3.29. The summed E-state index contributed by atoms with van der Waals surface area (Å²) in [4.78, 5) is 11.2. The molecule has 1 aliphatic rings. The van der Waals surface area contributed by atoms with Gasteiger partial charge < -0.3 is 0 Å². The number of rotatable bonds is 4. The minimum Gasteiger partial charge on any atom is -0.245 e. The van der Waals surface area contributed by atoms with E-state index in [0.717, 1.165) is 56.2 Å². The first-order valence-corrected chi connectivity index (χ1v) is 15.3. The molecule has 0 radical (unpaired) electrons. The zero-order chi connectivity index (χ0) is 30.5. The quantitative estimate of drug-likeness (QED) is 0.202. The van der Waals surface area contributed by atoms with Crippen molar-refractivity contribution in [1.82, 2.24) is 0 Å². The van der Waals surface area contributed by atoms with Gasteiger partial charge >= 0.3 is 0 Å². The summed E-state index contributed by atoms with van der Waals surface area (Å²) < 4.78 is 0. The van der Waals surface area contributed by atoms with E-state index in [1.807, 2.05) is 0 Å². The lowest BCUT2D eigenvalue weighted by atomic mass is 9.94. The molecule has 7 rings (SSSR count). The van der Waals surface area contributed by atoms with E-state index < -0.39 is 0 Å². The third kappa shape index (κ3) is 4.68. The summed E-state index contributed by atoms with van der Waals surface area (Å²) in [6, 6.07) is 39.3. The summed E-state index contributed by atoms with van der Waals surface area (Å²) in [7, 11) is 0. The van der Waals surface area contributed by atoms with Crippen molar-refractivity contribution in [2.24, 2.45) is 9.98 Å². The molecule has 0 saturated heterocycles. The van der Waals surface area contributed by atoms with Crippen LogP contribution in [0.15, 0.2) is 119 Å². The van der Waals surface area contributed by atoms with E-state index in [1.54, 1.807) is 0 Å². The van der Waals surface area contributed by atoms with Crippen LogP contribution in [0.5, 0.6) is 0 Å². The number of nitrogens with zero attached hydrogens (tertiary/aromatic N) is 2. The Balaban J connectivity index is 1.55. The fourth-order valence-electron chi connectivity index (χ4n) is 6.82. The van der Waals surface area contributed by atoms with Crippen LogP contribution in [0.4, 0.5) is 11.4 Å². The molecule has 0 aromatic heterocycles. The molecule has 0 fully saturated rings. The van der Waals surface area contributed by atoms with E-state index in [2.05, 4.69) is 151 Å². The van der Waals surface area contributed by atoms with E-state index in [1.165, 1.54) is 44.2 Å². The standard InChI is InChI=1S/C42H36N2/c1-25-21-29(5)39(36(23-25)32-17-9-7-13-27(32)3)43-41-34-19-11-15-31-16-12-20-35(38(31)34)42(41)44-40-30(6)22-26(2)24-37(40)33-18-10-8-14-28(33)4/h7-24H,1-6H3. The third-order valence-electron chi connectivity index (χ3n) is 8.85. The van der Waals surface area contributed by atoms with Crippen molar-refractivity contribution in [3.8, 4) is 22.3 Å². The number of hydrogen-bond donors (Lipinski definition) is 0. The molecule has 0 saturated carbocycles. The van der Waals surface area contributed by atoms with Crippen LogP contribution in [-0.2, 0) is 0 Å². The molecule has 2 nitrogen and oxygen atoms in total. The molecule has 44 heavy (non-hydrogen) atoms. The van der Waals surface area contributed by atoms with Gasteiger partial charge in [-0.25, -0.2) is 9.98 Å². The minimum atomic E-state index is 0.925. The number of aliphatic imine (C=N–C) groups is 2. The number of aryl methyl sites for hydroxylation is 6. The smallest absolute Gasteiger partial charge is 0.0979 e. The van der Waals surface area contributed by atoms with Gasteiger partial charge in [-0.05, 0) is 92.4 Å². The molecule has 6 aromatic rings. The molecular formula is C42H36N2. The Hall–Kier alpha value is -5.08. The number of benzene rings is 6. The summed E-state index contributed by atoms with van der Waals surface area (Å²) in [6.45, 7) is 13.0. The van der Waals surface area contributed by atoms with Gasteiger partial charge in [0.05, 0.1) is 22.8 Å². The normalized spacial score (nSPS) is 14.2. The third-order valence-corrected chi connectivity index (χ3v) is 8.85. The van der Waals surface area contributed by atoms with Crippen molar-refractivity contribution in [1.29, 1.82) is 0 Å². The maximum Gasteiger partial charge on any atom is 0.0979 e. The molecule has 0 heterocycles. The first-order chi connectivity index (χ1) is 21.3. The predicted molar refractivity (Wildman–Crippen MR) is 189 cm³/mol. The van der Waals surface area contributed by atoms with Crippen molar-refractivity contribution >= 4 is 33.6 Å². The molecule has 0 unspecified atom stereocenters. The molecule has 0 spiro atoms. The molecule has 214 valence electrons. The fourth-order valence-corrected chi connectivity index (χ4v) is 6.82. The van der Waals surface area contributed by atoms with Gasteiger partial charge in [0.1, 0.15) is 0 Å². The monoisotopic (exact) mass is 568 g/mol. The Bertz CT molecular complexity index is 2030. The highest BCUT2D eigenvalue weighted by atomic mass is 14.8. The van der Waals surface area contributed by atoms with Crippen LogP contribution in [0.25, 0.3) is 33.0 Å². The average molecular weight is 569 g/mol. The van der Waals surface area contributed by atoms with E-state index >= 15 is 0 Å². The van der Waals surface area contributed by atoms with Crippen LogP contribution in [0, 0.1) is 41.5 Å². The van der Waals surface area contributed by atoms with E-state index in [9.17, 15) is 0 Å². The van der Waals surface area contributed by atoms with Crippen molar-refractivity contribution < 1.29 is 0 Å². The second-order valence-corrected chi connectivity index (χ2v) is 12.2. The molecule has 0 atom stereocenters. The van der Waals surface area contributed by atoms with E-state index in [4.69, 9.17) is 9.98 Å². The molecular weight excluding hydrogens is 532 g/mol. The van der Waals surface area contributed by atoms with Crippen LogP contribution in [0.1, 0.15) is 44.5 Å². The van der Waals surface area contributed by atoms with Gasteiger partial charge in [-0.1, -0.05) is 108 Å². The summed E-state index contributed by atoms with van der Waals surface area (Å²) in [5.74, 6) is 0. The SMILES string of the molecule is Cc1cc(C)c(N=C2C(=Nc3c(C)cc(C)cc3-c3ccccc3C)c3cccc4cccc2c34)c(-c2ccccc2C)c1. The van der Waals surface area contributed by atoms with Gasteiger partial charge in [-0.3, -0.25) is 0 Å². The Morgan fingerprint density at radius 3 is 1.20 bits per heavy atom. The number of hydrogen-bond acceptors (Lipinski definition) is 2. The second kappa shape index (κ2) is 10.9. The zero-order valence-corrected chi connectivity index (χ0v) is 26.3.